The van der Waals surface area contributed by atoms with Crippen LogP contribution in [0.5, 0.6) is 0 Å². The minimum Gasteiger partial charge on any atom is -0.280 e. The SMILES string of the molecule is CCS(=O)(=O)Nc1cnn(Cc2cccc(F)c2)c1. The predicted octanol–water partition coefficient (Wildman–Crippen LogP) is 1.83. The van der Waals surface area contributed by atoms with Crippen LogP contribution in [-0.4, -0.2) is 24.0 Å². The molecule has 102 valence electrons. The van der Waals surface area contributed by atoms with Crippen molar-refractivity contribution in [2.45, 2.75) is 13.5 Å². The molecule has 5 nitrogen and oxygen atoms in total. The highest BCUT2D eigenvalue weighted by molar-refractivity contribution is 7.92. The normalized spacial score (nSPS) is 11.5. The van der Waals surface area contributed by atoms with Crippen LogP contribution in [0.4, 0.5) is 10.1 Å². The molecule has 0 atom stereocenters. The van der Waals surface area contributed by atoms with E-state index in [-0.39, 0.29) is 11.6 Å². The largest absolute Gasteiger partial charge is 0.280 e. The standard InChI is InChI=1S/C12H14FN3O2S/c1-2-19(17,18)15-12-7-14-16(9-12)8-10-4-3-5-11(13)6-10/h3-7,9,15H,2,8H2,1H3. The molecular formula is C12H14FN3O2S. The first-order chi connectivity index (χ1) is 8.98. The van der Waals surface area contributed by atoms with E-state index in [1.807, 2.05) is 0 Å². The Hall–Kier alpha value is -1.89. The monoisotopic (exact) mass is 283 g/mol. The number of benzene rings is 1. The van der Waals surface area contributed by atoms with Gasteiger partial charge < -0.3 is 0 Å². The van der Waals surface area contributed by atoms with E-state index in [1.165, 1.54) is 18.3 Å². The van der Waals surface area contributed by atoms with Crippen molar-refractivity contribution in [3.8, 4) is 0 Å². The van der Waals surface area contributed by atoms with Gasteiger partial charge in [-0.3, -0.25) is 9.40 Å². The molecule has 0 saturated carbocycles. The van der Waals surface area contributed by atoms with E-state index < -0.39 is 10.0 Å². The summed E-state index contributed by atoms with van der Waals surface area (Å²) in [6.45, 7) is 1.94. The number of nitrogens with zero attached hydrogens (tertiary/aromatic N) is 2. The van der Waals surface area contributed by atoms with Crippen molar-refractivity contribution in [1.29, 1.82) is 0 Å². The van der Waals surface area contributed by atoms with Crippen molar-refractivity contribution in [2.75, 3.05) is 10.5 Å². The van der Waals surface area contributed by atoms with Crippen LogP contribution in [0.2, 0.25) is 0 Å². The van der Waals surface area contributed by atoms with E-state index in [9.17, 15) is 12.8 Å². The van der Waals surface area contributed by atoms with Gasteiger partial charge in [-0.15, -0.1) is 0 Å². The Balaban J connectivity index is 2.10. The molecule has 0 unspecified atom stereocenters. The van der Waals surface area contributed by atoms with Gasteiger partial charge in [-0.25, -0.2) is 12.8 Å². The molecule has 1 N–H and O–H groups in total. The number of rotatable bonds is 5. The maximum absolute atomic E-state index is 13.0. The molecule has 0 aliphatic heterocycles. The molecule has 0 saturated heterocycles. The number of hydrogen-bond donors (Lipinski definition) is 1. The quantitative estimate of drug-likeness (QED) is 0.910. The third-order valence-corrected chi connectivity index (χ3v) is 3.83. The van der Waals surface area contributed by atoms with Gasteiger partial charge in [-0.05, 0) is 24.6 Å². The van der Waals surface area contributed by atoms with Crippen LogP contribution in [0.3, 0.4) is 0 Å². The summed E-state index contributed by atoms with van der Waals surface area (Å²) in [6.07, 6.45) is 2.99. The fourth-order valence-electron chi connectivity index (χ4n) is 1.58. The number of aromatic nitrogens is 2. The number of halogens is 1. The highest BCUT2D eigenvalue weighted by atomic mass is 32.2. The van der Waals surface area contributed by atoms with Gasteiger partial charge in [0.2, 0.25) is 10.0 Å². The van der Waals surface area contributed by atoms with Crippen LogP contribution in [0.1, 0.15) is 12.5 Å². The average Bonchev–Trinajstić information content (AvgIpc) is 2.76. The minimum absolute atomic E-state index is 0.00206. The smallest absolute Gasteiger partial charge is 0.232 e. The molecule has 1 aromatic heterocycles. The first kappa shape index (κ1) is 13.5. The molecule has 1 heterocycles. The number of sulfonamides is 1. The summed E-state index contributed by atoms with van der Waals surface area (Å²) in [5.74, 6) is -0.307. The van der Waals surface area contributed by atoms with Crippen LogP contribution in [0, 0.1) is 5.82 Å². The first-order valence-corrected chi connectivity index (χ1v) is 7.41. The number of anilines is 1. The van der Waals surface area contributed by atoms with Gasteiger partial charge >= 0.3 is 0 Å². The molecule has 19 heavy (non-hydrogen) atoms. The Labute approximate surface area is 111 Å². The third kappa shape index (κ3) is 3.78. The highest BCUT2D eigenvalue weighted by Crippen LogP contribution is 2.10. The van der Waals surface area contributed by atoms with Crippen LogP contribution >= 0.6 is 0 Å². The Bertz CT molecular complexity index is 667. The highest BCUT2D eigenvalue weighted by Gasteiger charge is 2.08. The maximum Gasteiger partial charge on any atom is 0.232 e. The summed E-state index contributed by atoms with van der Waals surface area (Å²) in [5.41, 5.74) is 1.16. The zero-order valence-electron chi connectivity index (χ0n) is 10.4. The van der Waals surface area contributed by atoms with Crippen molar-refractivity contribution in [2.24, 2.45) is 0 Å². The van der Waals surface area contributed by atoms with E-state index in [0.29, 0.717) is 12.2 Å². The summed E-state index contributed by atoms with van der Waals surface area (Å²) in [6, 6.07) is 6.18. The summed E-state index contributed by atoms with van der Waals surface area (Å²) in [5, 5.41) is 4.03. The predicted molar refractivity (Wildman–Crippen MR) is 70.8 cm³/mol. The van der Waals surface area contributed by atoms with Gasteiger partial charge in [0.1, 0.15) is 5.82 Å². The summed E-state index contributed by atoms with van der Waals surface area (Å²) >= 11 is 0. The molecule has 1 aromatic carbocycles. The number of hydrogen-bond acceptors (Lipinski definition) is 3. The van der Waals surface area contributed by atoms with Gasteiger partial charge in [-0.2, -0.15) is 5.10 Å². The van der Waals surface area contributed by atoms with Gasteiger partial charge in [0.25, 0.3) is 0 Å². The Kier molecular flexibility index (Phi) is 3.84. The molecule has 0 bridgehead atoms. The summed E-state index contributed by atoms with van der Waals surface area (Å²) < 4.78 is 39.7. The lowest BCUT2D eigenvalue weighted by molar-refractivity contribution is 0.602. The zero-order chi connectivity index (χ0) is 13.9. The molecule has 0 fully saturated rings. The van der Waals surface area contributed by atoms with E-state index in [2.05, 4.69) is 9.82 Å². The average molecular weight is 283 g/mol. The fraction of sp³-hybridized carbons (Fsp3) is 0.250. The molecule has 2 rings (SSSR count). The molecule has 0 aliphatic carbocycles. The van der Waals surface area contributed by atoms with Crippen molar-refractivity contribution in [1.82, 2.24) is 9.78 Å². The minimum atomic E-state index is -3.30. The van der Waals surface area contributed by atoms with Gasteiger partial charge in [0.15, 0.2) is 0 Å². The van der Waals surface area contributed by atoms with Gasteiger partial charge in [-0.1, -0.05) is 12.1 Å². The zero-order valence-corrected chi connectivity index (χ0v) is 11.2. The van der Waals surface area contributed by atoms with Gasteiger partial charge in [0, 0.05) is 6.20 Å². The van der Waals surface area contributed by atoms with Crippen LogP contribution < -0.4 is 4.72 Å². The van der Waals surface area contributed by atoms with E-state index >= 15 is 0 Å². The van der Waals surface area contributed by atoms with E-state index in [4.69, 9.17) is 0 Å². The fourth-order valence-corrected chi connectivity index (χ4v) is 2.19. The van der Waals surface area contributed by atoms with Crippen molar-refractivity contribution < 1.29 is 12.8 Å². The third-order valence-electron chi connectivity index (χ3n) is 2.52. The topological polar surface area (TPSA) is 64.0 Å². The van der Waals surface area contributed by atoms with Crippen molar-refractivity contribution in [3.05, 3.63) is 48.0 Å². The maximum atomic E-state index is 13.0. The second-order valence-corrected chi connectivity index (χ2v) is 6.07. The van der Waals surface area contributed by atoms with Crippen LogP contribution in [0.25, 0.3) is 0 Å². The number of nitrogens with one attached hydrogen (secondary N) is 1. The Morgan fingerprint density at radius 3 is 2.89 bits per heavy atom. The van der Waals surface area contributed by atoms with Crippen molar-refractivity contribution in [3.63, 3.8) is 0 Å². The molecule has 0 spiro atoms. The van der Waals surface area contributed by atoms with Crippen LogP contribution in [0.15, 0.2) is 36.7 Å². The second-order valence-electron chi connectivity index (χ2n) is 4.06. The lowest BCUT2D eigenvalue weighted by Gasteiger charge is -2.03. The second kappa shape index (κ2) is 5.40. The van der Waals surface area contributed by atoms with E-state index in [0.717, 1.165) is 5.56 Å². The van der Waals surface area contributed by atoms with E-state index in [1.54, 1.807) is 29.9 Å². The van der Waals surface area contributed by atoms with Crippen molar-refractivity contribution >= 4 is 15.7 Å². The lowest BCUT2D eigenvalue weighted by atomic mass is 10.2. The molecule has 7 heteroatoms. The molecule has 0 radical (unpaired) electrons. The molecule has 0 aliphatic rings. The summed E-state index contributed by atoms with van der Waals surface area (Å²) in [7, 11) is -3.30. The Morgan fingerprint density at radius 1 is 1.42 bits per heavy atom. The molecular weight excluding hydrogens is 269 g/mol. The molecule has 0 amide bonds. The van der Waals surface area contributed by atoms with Crippen LogP contribution in [-0.2, 0) is 16.6 Å². The first-order valence-electron chi connectivity index (χ1n) is 5.76. The molecule has 2 aromatic rings. The Morgan fingerprint density at radius 2 is 2.21 bits per heavy atom. The van der Waals surface area contributed by atoms with Gasteiger partial charge in [0.05, 0.1) is 24.2 Å². The lowest BCUT2D eigenvalue weighted by Crippen LogP contribution is -2.14. The summed E-state index contributed by atoms with van der Waals surface area (Å²) in [4.78, 5) is 0.